The molecule has 0 bridgehead atoms. The van der Waals surface area contributed by atoms with Crippen LogP contribution < -0.4 is 15.0 Å². The number of fused-ring (bicyclic) bond motifs is 3. The van der Waals surface area contributed by atoms with Gasteiger partial charge in [-0.05, 0) is 26.8 Å². The molecule has 3 rings (SSSR count). The Bertz CT molecular complexity index is 951. The van der Waals surface area contributed by atoms with Crippen molar-refractivity contribution < 1.29 is 37.0 Å². The maximum absolute atomic E-state index is 13.0. The normalized spacial score (nSPS) is 18.8. The third-order valence-corrected chi connectivity index (χ3v) is 5.72. The van der Waals surface area contributed by atoms with E-state index in [0.717, 1.165) is 12.3 Å². The van der Waals surface area contributed by atoms with Crippen LogP contribution in [-0.2, 0) is 20.4 Å². The Labute approximate surface area is 208 Å². The van der Waals surface area contributed by atoms with Gasteiger partial charge in [0.2, 0.25) is 5.91 Å². The molecule has 0 spiro atoms. The van der Waals surface area contributed by atoms with E-state index in [2.05, 4.69) is 16.9 Å². The zero-order valence-corrected chi connectivity index (χ0v) is 20.8. The number of alkyl halides is 3. The molecule has 0 aromatic carbocycles. The van der Waals surface area contributed by atoms with Crippen molar-refractivity contribution in [1.82, 2.24) is 15.2 Å². The number of nitrogens with zero attached hydrogens (tertiary/aromatic N) is 3. The molecule has 200 valence electrons. The van der Waals surface area contributed by atoms with E-state index in [9.17, 15) is 22.8 Å². The maximum Gasteiger partial charge on any atom is 0.418 e. The number of pyridine rings is 1. The first-order valence-corrected chi connectivity index (χ1v) is 11.8. The average molecular weight is 515 g/mol. The highest BCUT2D eigenvalue weighted by Crippen LogP contribution is 2.38. The lowest BCUT2D eigenvalue weighted by molar-refractivity contribution is -0.138. The molecule has 9 nitrogen and oxygen atoms in total. The number of carbonyl (C=O) groups is 2. The van der Waals surface area contributed by atoms with Crippen LogP contribution in [0.2, 0.25) is 0 Å². The van der Waals surface area contributed by atoms with Crippen molar-refractivity contribution >= 4 is 17.8 Å². The Morgan fingerprint density at radius 2 is 2.08 bits per heavy atom. The number of hydrogen-bond donors (Lipinski definition) is 1. The number of hydrogen-bond acceptors (Lipinski definition) is 7. The lowest BCUT2D eigenvalue weighted by Crippen LogP contribution is -2.55. The standard InChI is InChI=1S/C24H33F3N4O5/c1-5-17(29-22(33)36-23(2,3)4)15-34-10-7-20(32)30-8-9-31-18(14-30)6-11-35-19-12-16(24(25,26)27)13-28-21(19)31/h5,12-13,17-18H,1,6-11,14-15H2,2-4H3,(H,29,33)/t17-,18?/m0/s1. The predicted molar refractivity (Wildman–Crippen MR) is 126 cm³/mol. The van der Waals surface area contributed by atoms with Crippen LogP contribution in [0.5, 0.6) is 5.75 Å². The van der Waals surface area contributed by atoms with E-state index in [1.165, 1.54) is 6.08 Å². The van der Waals surface area contributed by atoms with Crippen molar-refractivity contribution in [3.63, 3.8) is 0 Å². The minimum atomic E-state index is -4.50. The fourth-order valence-electron chi connectivity index (χ4n) is 3.98. The summed E-state index contributed by atoms with van der Waals surface area (Å²) in [7, 11) is 0. The van der Waals surface area contributed by atoms with Gasteiger partial charge in [-0.25, -0.2) is 9.78 Å². The maximum atomic E-state index is 13.0. The van der Waals surface area contributed by atoms with Gasteiger partial charge in [-0.1, -0.05) is 6.08 Å². The SMILES string of the molecule is C=C[C@@H](COCCC(=O)N1CCN2c3ncc(C(F)(F)F)cc3OCCC2C1)NC(=O)OC(C)(C)C. The largest absolute Gasteiger partial charge is 0.490 e. The first-order valence-electron chi connectivity index (χ1n) is 11.8. The van der Waals surface area contributed by atoms with Crippen molar-refractivity contribution in [3.05, 3.63) is 30.5 Å². The molecule has 1 N–H and O–H groups in total. The molecule has 1 aromatic rings. The summed E-state index contributed by atoms with van der Waals surface area (Å²) in [5.74, 6) is 0.391. The van der Waals surface area contributed by atoms with Gasteiger partial charge in [0.05, 0.1) is 43.9 Å². The zero-order chi connectivity index (χ0) is 26.5. The molecule has 12 heteroatoms. The Morgan fingerprint density at radius 3 is 2.75 bits per heavy atom. The van der Waals surface area contributed by atoms with Crippen LogP contribution in [0.4, 0.5) is 23.8 Å². The Balaban J connectivity index is 1.47. The molecule has 1 unspecified atom stereocenters. The second-order valence-electron chi connectivity index (χ2n) is 9.68. The molecule has 2 atom stereocenters. The summed E-state index contributed by atoms with van der Waals surface area (Å²) in [6, 6.07) is 0.403. The molecule has 1 saturated heterocycles. The van der Waals surface area contributed by atoms with Crippen molar-refractivity contribution in [2.75, 3.05) is 44.4 Å². The molecule has 2 amide bonds. The summed E-state index contributed by atoms with van der Waals surface area (Å²) in [5.41, 5.74) is -1.48. The van der Waals surface area contributed by atoms with Crippen LogP contribution >= 0.6 is 0 Å². The fraction of sp³-hybridized carbons (Fsp3) is 0.625. The highest BCUT2D eigenvalue weighted by atomic mass is 19.4. The second kappa shape index (κ2) is 11.4. The number of carbonyl (C=O) groups excluding carboxylic acids is 2. The molecule has 36 heavy (non-hydrogen) atoms. The number of nitrogens with one attached hydrogen (secondary N) is 1. The molecule has 0 aliphatic carbocycles. The summed E-state index contributed by atoms with van der Waals surface area (Å²) in [6.07, 6.45) is -2.03. The lowest BCUT2D eigenvalue weighted by Gasteiger charge is -2.41. The molecule has 2 aliphatic heterocycles. The van der Waals surface area contributed by atoms with Gasteiger partial charge >= 0.3 is 12.3 Å². The van der Waals surface area contributed by atoms with Gasteiger partial charge in [-0.3, -0.25) is 4.79 Å². The van der Waals surface area contributed by atoms with Gasteiger partial charge < -0.3 is 29.3 Å². The Kier molecular flexibility index (Phi) is 8.70. The summed E-state index contributed by atoms with van der Waals surface area (Å²) >= 11 is 0. The van der Waals surface area contributed by atoms with Gasteiger partial charge in [-0.2, -0.15) is 13.2 Å². The topological polar surface area (TPSA) is 93.2 Å². The van der Waals surface area contributed by atoms with E-state index >= 15 is 0 Å². The zero-order valence-electron chi connectivity index (χ0n) is 20.8. The fourth-order valence-corrected chi connectivity index (χ4v) is 3.98. The molecule has 1 aromatic heterocycles. The smallest absolute Gasteiger partial charge is 0.418 e. The number of halogens is 3. The minimum absolute atomic E-state index is 0.0873. The number of ether oxygens (including phenoxy) is 3. The monoisotopic (exact) mass is 514 g/mol. The van der Waals surface area contributed by atoms with E-state index in [4.69, 9.17) is 14.2 Å². The third kappa shape index (κ3) is 7.49. The molecule has 1 fully saturated rings. The summed E-state index contributed by atoms with van der Waals surface area (Å²) in [6.45, 7) is 10.8. The van der Waals surface area contributed by atoms with Crippen LogP contribution in [0, 0.1) is 0 Å². The van der Waals surface area contributed by atoms with E-state index in [0.29, 0.717) is 31.9 Å². The van der Waals surface area contributed by atoms with Gasteiger partial charge in [0.15, 0.2) is 11.6 Å². The van der Waals surface area contributed by atoms with Gasteiger partial charge in [-0.15, -0.1) is 6.58 Å². The molecule has 3 heterocycles. The number of aromatic nitrogens is 1. The summed E-state index contributed by atoms with van der Waals surface area (Å²) < 4.78 is 55.5. The first kappa shape index (κ1) is 27.6. The number of alkyl carbamates (subject to hydrolysis) is 1. The highest BCUT2D eigenvalue weighted by molar-refractivity contribution is 5.77. The Hall–Kier alpha value is -3.02. The third-order valence-electron chi connectivity index (χ3n) is 5.72. The summed E-state index contributed by atoms with van der Waals surface area (Å²) in [5, 5.41) is 2.65. The molecule has 2 aliphatic rings. The summed E-state index contributed by atoms with van der Waals surface area (Å²) in [4.78, 5) is 32.3. The van der Waals surface area contributed by atoms with E-state index in [1.807, 2.05) is 4.90 Å². The van der Waals surface area contributed by atoms with Gasteiger partial charge in [0.1, 0.15) is 5.60 Å². The molecular formula is C24H33F3N4O5. The van der Waals surface area contributed by atoms with E-state index < -0.39 is 29.5 Å². The van der Waals surface area contributed by atoms with Crippen molar-refractivity contribution in [2.24, 2.45) is 0 Å². The lowest BCUT2D eigenvalue weighted by atomic mass is 10.1. The van der Waals surface area contributed by atoms with Crippen LogP contribution in [0.1, 0.15) is 39.2 Å². The molecule has 0 radical (unpaired) electrons. The number of rotatable bonds is 7. The molecular weight excluding hydrogens is 481 g/mol. The van der Waals surface area contributed by atoms with Crippen LogP contribution in [-0.4, -0.2) is 79.0 Å². The van der Waals surface area contributed by atoms with Crippen LogP contribution in [0.3, 0.4) is 0 Å². The quantitative estimate of drug-likeness (QED) is 0.441. The molecule has 0 saturated carbocycles. The average Bonchev–Trinajstić information content (AvgIpc) is 2.97. The van der Waals surface area contributed by atoms with Crippen molar-refractivity contribution in [2.45, 2.75) is 57.5 Å². The number of piperazine rings is 1. The van der Waals surface area contributed by atoms with E-state index in [-0.39, 0.29) is 43.9 Å². The highest BCUT2D eigenvalue weighted by Gasteiger charge is 2.36. The van der Waals surface area contributed by atoms with Gasteiger partial charge in [0.25, 0.3) is 0 Å². The van der Waals surface area contributed by atoms with Crippen LogP contribution in [0.15, 0.2) is 24.9 Å². The number of anilines is 1. The van der Waals surface area contributed by atoms with Gasteiger partial charge in [0, 0.05) is 32.3 Å². The predicted octanol–water partition coefficient (Wildman–Crippen LogP) is 3.39. The van der Waals surface area contributed by atoms with Crippen LogP contribution in [0.25, 0.3) is 0 Å². The van der Waals surface area contributed by atoms with E-state index in [1.54, 1.807) is 25.7 Å². The number of amides is 2. The Morgan fingerprint density at radius 1 is 1.33 bits per heavy atom. The van der Waals surface area contributed by atoms with Crippen molar-refractivity contribution in [1.29, 1.82) is 0 Å². The van der Waals surface area contributed by atoms with Crippen molar-refractivity contribution in [3.8, 4) is 5.75 Å². The minimum Gasteiger partial charge on any atom is -0.490 e. The first-order chi connectivity index (χ1) is 16.9. The second-order valence-corrected chi connectivity index (χ2v) is 9.68.